The molecule has 13 heteroatoms. The molecule has 1 aliphatic heterocycles. The normalized spacial score (nSPS) is 12.6. The van der Waals surface area contributed by atoms with E-state index in [1.165, 1.54) is 12.1 Å². The number of alkyl halides is 1. The van der Waals surface area contributed by atoms with Gasteiger partial charge < -0.3 is 9.32 Å². The molecule has 4 rings (SSSR count). The lowest BCUT2D eigenvalue weighted by molar-refractivity contribution is -0.432. The van der Waals surface area contributed by atoms with Crippen molar-refractivity contribution in [3.8, 4) is 22.5 Å². The summed E-state index contributed by atoms with van der Waals surface area (Å²) in [5.41, 5.74) is 3.87. The molecule has 2 aromatic carbocycles. The van der Waals surface area contributed by atoms with Crippen LogP contribution >= 0.6 is 23.6 Å². The number of sulfonamides is 1. The smallest absolute Gasteiger partial charge is 0.241 e. The Morgan fingerprint density at radius 1 is 1.02 bits per heavy atom. The molecular formula is C34H43ClN3O7S2+. The predicted molar refractivity (Wildman–Crippen MR) is 188 cm³/mol. The Morgan fingerprint density at radius 3 is 2.34 bits per heavy atom. The molecule has 254 valence electrons. The highest BCUT2D eigenvalue weighted by molar-refractivity contribution is 7.94. The monoisotopic (exact) mass is 704 g/mol. The molecule has 2 aliphatic rings. The summed E-state index contributed by atoms with van der Waals surface area (Å²) >= 11 is 6.46. The van der Waals surface area contributed by atoms with Crippen LogP contribution < -0.4 is 19.6 Å². The maximum Gasteiger partial charge on any atom is 0.241 e. The number of ketones is 1. The second-order valence-corrected chi connectivity index (χ2v) is 14.2. The summed E-state index contributed by atoms with van der Waals surface area (Å²) in [5.74, 6) is -0.0232. The summed E-state index contributed by atoms with van der Waals surface area (Å²) < 4.78 is 43.4. The molecule has 0 bridgehead atoms. The summed E-state index contributed by atoms with van der Waals surface area (Å²) in [6.07, 6.45) is 0.294. The average Bonchev–Trinajstić information content (AvgIpc) is 3.06. The molecule has 0 fully saturated rings. The molecule has 47 heavy (non-hydrogen) atoms. The molecule has 2 N–H and O–H groups in total. The number of rotatable bonds is 16. The predicted octanol–water partition coefficient (Wildman–Crippen LogP) is 6.79. The van der Waals surface area contributed by atoms with Crippen LogP contribution in [0.2, 0.25) is 0 Å². The fraction of sp³-hybridized carbons (Fsp3) is 0.412. The number of nitrogens with zero attached hydrogens (tertiary/aromatic N) is 2. The van der Waals surface area contributed by atoms with Gasteiger partial charge in [0.25, 0.3) is 0 Å². The van der Waals surface area contributed by atoms with Gasteiger partial charge in [-0.25, -0.2) is 23.0 Å². The highest BCUT2D eigenvalue weighted by atomic mass is 35.5. The standard InChI is InChI=1S/C34H42ClN3O7S2/c1-7-37(8-2)23-11-14-26-31(18-23)43-32-19-24(38(9-3)10-4)12-15-27(32)34(26)28-16-13-25(20-33(28)46-45-44-40)47(41,42)36-29(17-22(5)6)30(39)21-35/h11-16,18-20,22,29,36H,7-10,17,21H2,1-6H3/p+1. The minimum Gasteiger partial charge on any atom is -0.456 e. The molecule has 0 saturated heterocycles. The molecule has 0 aromatic heterocycles. The lowest BCUT2D eigenvalue weighted by atomic mass is 9.93. The number of halogens is 1. The molecule has 10 nitrogen and oxygen atoms in total. The van der Waals surface area contributed by atoms with E-state index in [1.807, 2.05) is 50.2 Å². The average molecular weight is 705 g/mol. The first-order valence-corrected chi connectivity index (χ1v) is 18.5. The van der Waals surface area contributed by atoms with Crippen molar-refractivity contribution >= 4 is 56.1 Å². The van der Waals surface area contributed by atoms with Crippen molar-refractivity contribution in [3.05, 3.63) is 60.0 Å². The maximum atomic E-state index is 13.6. The fourth-order valence-electron chi connectivity index (χ4n) is 5.79. The number of carbonyl (C=O) groups is 1. The van der Waals surface area contributed by atoms with Gasteiger partial charge in [0.1, 0.15) is 24.4 Å². The maximum absolute atomic E-state index is 13.6. The minimum absolute atomic E-state index is 0.0491. The SMILES string of the molecule is CCN(CC)c1ccc2c(-c3ccc(S(=O)(=O)NC(CC(C)C)C(=O)CCl)cc3SOOO)c3ccc(=[N+](CC)CC)cc-3oc2c1. The summed E-state index contributed by atoms with van der Waals surface area (Å²) in [6.45, 7) is 15.5. The van der Waals surface area contributed by atoms with Crippen LogP contribution in [0, 0.1) is 5.92 Å². The highest BCUT2D eigenvalue weighted by Crippen LogP contribution is 2.44. The number of nitrogens with one attached hydrogen (secondary N) is 1. The second kappa shape index (κ2) is 16.4. The van der Waals surface area contributed by atoms with E-state index in [0.717, 1.165) is 53.7 Å². The first kappa shape index (κ1) is 36.9. The van der Waals surface area contributed by atoms with Gasteiger partial charge in [0.2, 0.25) is 15.4 Å². The highest BCUT2D eigenvalue weighted by Gasteiger charge is 2.28. The third kappa shape index (κ3) is 8.37. The van der Waals surface area contributed by atoms with Crippen molar-refractivity contribution in [3.63, 3.8) is 0 Å². The Hall–Kier alpha value is -2.97. The molecule has 1 unspecified atom stereocenters. The summed E-state index contributed by atoms with van der Waals surface area (Å²) in [6, 6.07) is 15.7. The van der Waals surface area contributed by atoms with Gasteiger partial charge in [-0.1, -0.05) is 25.0 Å². The van der Waals surface area contributed by atoms with Gasteiger partial charge in [0.05, 0.1) is 34.9 Å². The Labute approximate surface area is 285 Å². The van der Waals surface area contributed by atoms with E-state index in [4.69, 9.17) is 25.6 Å². The number of hydrogen-bond donors (Lipinski definition) is 2. The lowest BCUT2D eigenvalue weighted by Crippen LogP contribution is -2.42. The van der Waals surface area contributed by atoms with Crippen molar-refractivity contribution < 1.29 is 32.3 Å². The van der Waals surface area contributed by atoms with Crippen LogP contribution in [0.3, 0.4) is 0 Å². The quantitative estimate of drug-likeness (QED) is 0.0324. The Morgan fingerprint density at radius 2 is 1.72 bits per heavy atom. The molecule has 0 spiro atoms. The fourth-order valence-corrected chi connectivity index (χ4v) is 7.85. The zero-order chi connectivity index (χ0) is 34.3. The first-order chi connectivity index (χ1) is 22.5. The molecule has 2 aromatic rings. The van der Waals surface area contributed by atoms with Gasteiger partial charge in [-0.05, 0) is 75.9 Å². The first-order valence-electron chi connectivity index (χ1n) is 15.7. The van der Waals surface area contributed by atoms with Crippen molar-refractivity contribution in [1.29, 1.82) is 0 Å². The topological polar surface area (TPSA) is 121 Å². The second-order valence-electron chi connectivity index (χ2n) is 11.5. The van der Waals surface area contributed by atoms with Crippen LogP contribution in [0.25, 0.3) is 33.4 Å². The van der Waals surface area contributed by atoms with Crippen LogP contribution in [-0.4, -0.2) is 57.6 Å². The van der Waals surface area contributed by atoms with Gasteiger partial charge in [-0.15, -0.1) is 15.9 Å². The largest absolute Gasteiger partial charge is 0.456 e. The van der Waals surface area contributed by atoms with Gasteiger partial charge in [-0.2, -0.15) is 0 Å². The van der Waals surface area contributed by atoms with Gasteiger partial charge >= 0.3 is 0 Å². The minimum atomic E-state index is -4.16. The number of benzene rings is 3. The number of anilines is 1. The van der Waals surface area contributed by atoms with Crippen molar-refractivity contribution in [2.75, 3.05) is 37.0 Å². The van der Waals surface area contributed by atoms with Crippen LogP contribution in [-0.2, 0) is 24.2 Å². The van der Waals surface area contributed by atoms with Crippen LogP contribution in [0.15, 0.2) is 68.8 Å². The number of Topliss-reactive ketones (excluding diaryl/α,β-unsaturated/α-hetero) is 1. The molecule has 0 radical (unpaired) electrons. The molecule has 0 amide bonds. The third-order valence-corrected chi connectivity index (χ3v) is 10.5. The van der Waals surface area contributed by atoms with E-state index in [-0.39, 0.29) is 16.7 Å². The number of hydrogen-bond acceptors (Lipinski definition) is 9. The van der Waals surface area contributed by atoms with Crippen LogP contribution in [0.5, 0.6) is 0 Å². The van der Waals surface area contributed by atoms with Crippen LogP contribution in [0.4, 0.5) is 5.69 Å². The van der Waals surface area contributed by atoms with E-state index in [2.05, 4.69) is 46.9 Å². The summed E-state index contributed by atoms with van der Waals surface area (Å²) in [7, 11) is -4.16. The van der Waals surface area contributed by atoms with E-state index < -0.39 is 21.8 Å². The van der Waals surface area contributed by atoms with E-state index in [1.54, 1.807) is 6.07 Å². The summed E-state index contributed by atoms with van der Waals surface area (Å²) in [5, 5.41) is 14.8. The van der Waals surface area contributed by atoms with Gasteiger partial charge in [0, 0.05) is 52.3 Å². The van der Waals surface area contributed by atoms with Gasteiger partial charge in [0.15, 0.2) is 5.78 Å². The van der Waals surface area contributed by atoms with E-state index in [0.29, 0.717) is 40.3 Å². The Kier molecular flexibility index (Phi) is 12.9. The third-order valence-electron chi connectivity index (χ3n) is 8.16. The van der Waals surface area contributed by atoms with Crippen molar-refractivity contribution in [1.82, 2.24) is 9.30 Å². The van der Waals surface area contributed by atoms with Crippen molar-refractivity contribution in [2.24, 2.45) is 5.92 Å². The summed E-state index contributed by atoms with van der Waals surface area (Å²) in [4.78, 5) is 15.0. The lowest BCUT2D eigenvalue weighted by Gasteiger charge is -2.23. The number of carbonyl (C=O) groups excluding carboxylic acids is 1. The molecule has 1 atom stereocenters. The molecule has 1 aliphatic carbocycles. The molecule has 0 saturated carbocycles. The Balaban J connectivity index is 1.99. The van der Waals surface area contributed by atoms with Crippen molar-refractivity contribution in [2.45, 2.75) is 63.8 Å². The Bertz CT molecular complexity index is 1850. The van der Waals surface area contributed by atoms with E-state index >= 15 is 0 Å². The van der Waals surface area contributed by atoms with Crippen LogP contribution in [0.1, 0.15) is 48.0 Å². The number of fused-ring (bicyclic) bond motifs is 2. The zero-order valence-corrected chi connectivity index (χ0v) is 30.0. The molecular weight excluding hydrogens is 662 g/mol. The molecule has 1 heterocycles. The van der Waals surface area contributed by atoms with Gasteiger partial charge in [-0.3, -0.25) is 4.79 Å². The van der Waals surface area contributed by atoms with E-state index in [9.17, 15) is 13.2 Å². The zero-order valence-electron chi connectivity index (χ0n) is 27.6.